The summed E-state index contributed by atoms with van der Waals surface area (Å²) in [5, 5.41) is 5.23. The molecule has 1 aliphatic rings. The van der Waals surface area contributed by atoms with Gasteiger partial charge in [-0.15, -0.1) is 11.3 Å². The van der Waals surface area contributed by atoms with E-state index in [1.165, 1.54) is 23.3 Å². The van der Waals surface area contributed by atoms with E-state index in [4.69, 9.17) is 26.3 Å². The number of nitrogens with one attached hydrogen (secondary N) is 1. The largest absolute Gasteiger partial charge is 0.465 e. The number of carbonyl (C=O) groups is 1. The summed E-state index contributed by atoms with van der Waals surface area (Å²) in [5.41, 5.74) is 2.43. The molecule has 9 heteroatoms. The summed E-state index contributed by atoms with van der Waals surface area (Å²) in [4.78, 5) is 23.4. The number of benzene rings is 1. The molecule has 0 fully saturated rings. The molecule has 1 N–H and O–H groups in total. The maximum atomic E-state index is 12.5. The van der Waals surface area contributed by atoms with E-state index >= 15 is 0 Å². The number of hydrogen-bond acceptors (Lipinski definition) is 7. The van der Waals surface area contributed by atoms with Crippen molar-refractivity contribution in [2.45, 2.75) is 44.9 Å². The maximum absolute atomic E-state index is 12.5. The van der Waals surface area contributed by atoms with Crippen molar-refractivity contribution in [1.82, 2.24) is 9.97 Å². The van der Waals surface area contributed by atoms with E-state index < -0.39 is 16.8 Å². The monoisotopic (exact) mass is 477 g/mol. The molecular weight excluding hydrogens is 454 g/mol. The normalized spacial score (nSPS) is 14.3. The van der Waals surface area contributed by atoms with Gasteiger partial charge < -0.3 is 10.1 Å². The van der Waals surface area contributed by atoms with Crippen molar-refractivity contribution in [3.8, 4) is 0 Å². The summed E-state index contributed by atoms with van der Waals surface area (Å²) in [5.74, 6) is 0.751. The summed E-state index contributed by atoms with van der Waals surface area (Å²) >= 11 is 7.70. The lowest BCUT2D eigenvalue weighted by Crippen LogP contribution is -2.16. The number of ether oxygens (including phenoxy) is 1. The van der Waals surface area contributed by atoms with E-state index in [0.29, 0.717) is 17.4 Å². The van der Waals surface area contributed by atoms with Crippen molar-refractivity contribution in [2.24, 2.45) is 0 Å². The quantitative estimate of drug-likeness (QED) is 0.476. The minimum absolute atomic E-state index is 0.118. The van der Waals surface area contributed by atoms with Gasteiger partial charge in [0.15, 0.2) is 0 Å². The van der Waals surface area contributed by atoms with Crippen molar-refractivity contribution in [2.75, 3.05) is 17.7 Å². The van der Waals surface area contributed by atoms with Gasteiger partial charge in [-0.1, -0.05) is 23.7 Å². The van der Waals surface area contributed by atoms with Gasteiger partial charge in [-0.25, -0.2) is 9.97 Å². The molecule has 0 radical (unpaired) electrons. The topological polar surface area (TPSA) is 81.2 Å². The summed E-state index contributed by atoms with van der Waals surface area (Å²) in [6.45, 7) is 2.60. The Labute approximate surface area is 192 Å². The number of carbonyl (C=O) groups excluding carboxylic acids is 1. The van der Waals surface area contributed by atoms with Crippen LogP contribution in [-0.4, -0.2) is 32.5 Å². The molecule has 3 aromatic rings. The lowest BCUT2D eigenvalue weighted by atomic mass is 9.97. The fourth-order valence-electron chi connectivity index (χ4n) is 3.71. The minimum Gasteiger partial charge on any atom is -0.465 e. The fraction of sp³-hybridized carbons (Fsp3) is 0.409. The number of esters is 1. The summed E-state index contributed by atoms with van der Waals surface area (Å²) < 4.78 is 17.4. The summed E-state index contributed by atoms with van der Waals surface area (Å²) in [6, 6.07) is 7.69. The van der Waals surface area contributed by atoms with Gasteiger partial charge in [0.25, 0.3) is 0 Å². The number of aryl methyl sites for hydroxylation is 2. The maximum Gasteiger partial charge on any atom is 0.318 e. The highest BCUT2D eigenvalue weighted by Crippen LogP contribution is 2.38. The molecule has 1 atom stereocenters. The third-order valence-corrected chi connectivity index (χ3v) is 7.68. The van der Waals surface area contributed by atoms with Crippen LogP contribution in [-0.2, 0) is 45.5 Å². The molecule has 0 bridgehead atoms. The van der Waals surface area contributed by atoms with E-state index in [-0.39, 0.29) is 18.1 Å². The van der Waals surface area contributed by atoms with Gasteiger partial charge in [0.1, 0.15) is 22.2 Å². The fourth-order valence-corrected chi connectivity index (χ4v) is 5.98. The molecule has 2 aromatic heterocycles. The van der Waals surface area contributed by atoms with Gasteiger partial charge in [-0.2, -0.15) is 0 Å². The van der Waals surface area contributed by atoms with Gasteiger partial charge >= 0.3 is 5.97 Å². The van der Waals surface area contributed by atoms with Crippen LogP contribution < -0.4 is 5.32 Å². The Kier molecular flexibility index (Phi) is 7.20. The Morgan fingerprint density at radius 1 is 1.23 bits per heavy atom. The molecule has 0 saturated carbocycles. The lowest BCUT2D eigenvalue weighted by molar-refractivity contribution is -0.139. The molecule has 0 aliphatic heterocycles. The van der Waals surface area contributed by atoms with Crippen molar-refractivity contribution in [3.05, 3.63) is 51.1 Å². The Balaban J connectivity index is 1.62. The first kappa shape index (κ1) is 22.2. The zero-order valence-corrected chi connectivity index (χ0v) is 19.7. The van der Waals surface area contributed by atoms with Crippen LogP contribution in [0.15, 0.2) is 24.3 Å². The zero-order valence-electron chi connectivity index (χ0n) is 17.3. The number of fused-ring (bicyclic) bond motifs is 3. The second-order valence-electron chi connectivity index (χ2n) is 7.39. The van der Waals surface area contributed by atoms with Crippen LogP contribution >= 0.6 is 22.9 Å². The van der Waals surface area contributed by atoms with Crippen molar-refractivity contribution in [3.63, 3.8) is 0 Å². The molecular formula is C22H24ClN3O3S2. The molecule has 1 aromatic carbocycles. The van der Waals surface area contributed by atoms with Crippen molar-refractivity contribution in [1.29, 1.82) is 0 Å². The zero-order chi connectivity index (χ0) is 21.8. The molecule has 31 heavy (non-hydrogen) atoms. The Bertz CT molecular complexity index is 1120. The number of nitrogens with zero attached hydrogens (tertiary/aromatic N) is 2. The number of thiophene rings is 1. The van der Waals surface area contributed by atoms with Gasteiger partial charge in [0.2, 0.25) is 0 Å². The number of hydrogen-bond donors (Lipinski definition) is 1. The summed E-state index contributed by atoms with van der Waals surface area (Å²) in [6.07, 6.45) is 4.46. The molecule has 0 spiro atoms. The first-order valence-electron chi connectivity index (χ1n) is 10.3. The van der Waals surface area contributed by atoms with E-state index in [1.807, 2.05) is 24.3 Å². The van der Waals surface area contributed by atoms with E-state index in [2.05, 4.69) is 5.32 Å². The van der Waals surface area contributed by atoms with Crippen LogP contribution in [0.1, 0.15) is 41.6 Å². The Morgan fingerprint density at radius 3 is 2.77 bits per heavy atom. The van der Waals surface area contributed by atoms with E-state index in [0.717, 1.165) is 34.4 Å². The van der Waals surface area contributed by atoms with Gasteiger partial charge in [-0.3, -0.25) is 9.00 Å². The molecule has 1 unspecified atom stereocenters. The SMILES string of the molecule is CCOC(=O)CS(=O)Cc1nc(NCc2ccc(Cl)cc2)c2c3c(sc2n1)CCCC3. The third kappa shape index (κ3) is 5.42. The molecule has 1 aliphatic carbocycles. The molecule has 0 amide bonds. The first-order chi connectivity index (χ1) is 15.0. The molecule has 4 rings (SSSR count). The number of rotatable bonds is 8. The van der Waals surface area contributed by atoms with Crippen LogP contribution in [0.3, 0.4) is 0 Å². The van der Waals surface area contributed by atoms with Crippen LogP contribution in [0.4, 0.5) is 5.82 Å². The minimum atomic E-state index is -1.42. The van der Waals surface area contributed by atoms with Gasteiger partial charge in [0, 0.05) is 27.2 Å². The Hall–Kier alpha value is -2.03. The predicted octanol–water partition coefficient (Wildman–Crippen LogP) is 4.65. The van der Waals surface area contributed by atoms with Crippen LogP contribution in [0.5, 0.6) is 0 Å². The molecule has 6 nitrogen and oxygen atoms in total. The van der Waals surface area contributed by atoms with Crippen LogP contribution in [0.25, 0.3) is 10.2 Å². The highest BCUT2D eigenvalue weighted by Gasteiger charge is 2.22. The molecule has 164 valence electrons. The first-order valence-corrected chi connectivity index (χ1v) is 13.0. The van der Waals surface area contributed by atoms with Gasteiger partial charge in [0.05, 0.1) is 17.7 Å². The van der Waals surface area contributed by atoms with E-state index in [9.17, 15) is 9.00 Å². The highest BCUT2D eigenvalue weighted by molar-refractivity contribution is 7.84. The smallest absolute Gasteiger partial charge is 0.318 e. The average Bonchev–Trinajstić information content (AvgIpc) is 3.11. The highest BCUT2D eigenvalue weighted by atomic mass is 35.5. The standard InChI is InChI=1S/C22H24ClN3O3S2/c1-2-29-19(27)13-31(28)12-18-25-21(24-11-14-7-9-15(23)10-8-14)20-16-5-3-4-6-17(16)30-22(20)26-18/h7-10H,2-6,11-13H2,1H3,(H,24,25,26). The number of anilines is 1. The number of aromatic nitrogens is 2. The van der Waals surface area contributed by atoms with Crippen molar-refractivity contribution < 1.29 is 13.7 Å². The summed E-state index contributed by atoms with van der Waals surface area (Å²) in [7, 11) is -1.42. The number of halogens is 1. The molecule has 2 heterocycles. The van der Waals surface area contributed by atoms with E-state index in [1.54, 1.807) is 18.3 Å². The second-order valence-corrected chi connectivity index (χ2v) is 10.4. The average molecular weight is 478 g/mol. The lowest BCUT2D eigenvalue weighted by Gasteiger charge is -2.13. The second kappa shape index (κ2) is 10.1. The molecule has 0 saturated heterocycles. The Morgan fingerprint density at radius 2 is 2.00 bits per heavy atom. The van der Waals surface area contributed by atoms with Crippen LogP contribution in [0, 0.1) is 0 Å². The predicted molar refractivity (Wildman–Crippen MR) is 126 cm³/mol. The van der Waals surface area contributed by atoms with Crippen LogP contribution in [0.2, 0.25) is 5.02 Å². The van der Waals surface area contributed by atoms with Crippen molar-refractivity contribution >= 4 is 55.7 Å². The van der Waals surface area contributed by atoms with Gasteiger partial charge in [-0.05, 0) is 55.9 Å². The third-order valence-electron chi connectivity index (χ3n) is 5.11.